The van der Waals surface area contributed by atoms with E-state index in [0.717, 1.165) is 18.1 Å². The van der Waals surface area contributed by atoms with Gasteiger partial charge in [-0.05, 0) is 31.5 Å². The summed E-state index contributed by atoms with van der Waals surface area (Å²) in [6.45, 7) is 2.21. The first-order valence-electron chi connectivity index (χ1n) is 4.71. The highest BCUT2D eigenvalue weighted by Gasteiger charge is 2.14. The molecule has 1 aliphatic heterocycles. The second kappa shape index (κ2) is 4.96. The van der Waals surface area contributed by atoms with E-state index in [1.807, 2.05) is 6.07 Å². The summed E-state index contributed by atoms with van der Waals surface area (Å²) in [4.78, 5) is 0. The number of hydrogen-bond acceptors (Lipinski definition) is 4. The van der Waals surface area contributed by atoms with Crippen molar-refractivity contribution in [1.82, 2.24) is 15.5 Å². The Morgan fingerprint density at radius 2 is 2.36 bits per heavy atom. The van der Waals surface area contributed by atoms with Crippen LogP contribution in [0.4, 0.5) is 0 Å². The van der Waals surface area contributed by atoms with Crippen LogP contribution in [0.25, 0.3) is 0 Å². The zero-order valence-electron chi connectivity index (χ0n) is 7.74. The predicted molar refractivity (Wildman–Crippen MR) is 58.8 cm³/mol. The highest BCUT2D eigenvalue weighted by atomic mass is 35.5. The number of aromatic nitrogens is 2. The van der Waals surface area contributed by atoms with E-state index < -0.39 is 0 Å². The summed E-state index contributed by atoms with van der Waals surface area (Å²) in [6.07, 6.45) is 2.50. The fourth-order valence-electron chi connectivity index (χ4n) is 1.46. The van der Waals surface area contributed by atoms with Gasteiger partial charge in [0.1, 0.15) is 5.03 Å². The van der Waals surface area contributed by atoms with Crippen LogP contribution in [-0.2, 0) is 0 Å². The summed E-state index contributed by atoms with van der Waals surface area (Å²) in [6, 6.07) is 3.71. The molecule has 1 N–H and O–H groups in total. The molecule has 76 valence electrons. The number of halogens is 1. The van der Waals surface area contributed by atoms with Crippen LogP contribution < -0.4 is 5.32 Å². The predicted octanol–water partition coefficient (Wildman–Crippen LogP) is 1.97. The van der Waals surface area contributed by atoms with Crippen LogP contribution in [0.5, 0.6) is 0 Å². The van der Waals surface area contributed by atoms with E-state index in [4.69, 9.17) is 11.6 Å². The third-order valence-corrected chi connectivity index (χ3v) is 3.54. The molecule has 0 aliphatic carbocycles. The fraction of sp³-hybridized carbons (Fsp3) is 0.556. The van der Waals surface area contributed by atoms with Crippen molar-refractivity contribution in [3.8, 4) is 0 Å². The third-order valence-electron chi connectivity index (χ3n) is 2.15. The monoisotopic (exact) mass is 229 g/mol. The van der Waals surface area contributed by atoms with Gasteiger partial charge >= 0.3 is 0 Å². The highest BCUT2D eigenvalue weighted by molar-refractivity contribution is 7.99. The second-order valence-electron chi connectivity index (χ2n) is 3.28. The van der Waals surface area contributed by atoms with Gasteiger partial charge in [-0.15, -0.1) is 10.2 Å². The van der Waals surface area contributed by atoms with Gasteiger partial charge in [0.2, 0.25) is 0 Å². The van der Waals surface area contributed by atoms with Crippen LogP contribution in [0.1, 0.15) is 12.8 Å². The average Bonchev–Trinajstić information content (AvgIpc) is 2.23. The number of nitrogens with one attached hydrogen (secondary N) is 1. The van der Waals surface area contributed by atoms with Crippen molar-refractivity contribution in [3.05, 3.63) is 17.3 Å². The summed E-state index contributed by atoms with van der Waals surface area (Å²) in [5.41, 5.74) is 0. The molecule has 1 atom stereocenters. The van der Waals surface area contributed by atoms with Gasteiger partial charge in [-0.2, -0.15) is 0 Å². The summed E-state index contributed by atoms with van der Waals surface area (Å²) >= 11 is 7.44. The Bertz CT molecular complexity index is 285. The number of nitrogens with zero attached hydrogens (tertiary/aromatic N) is 2. The molecule has 0 spiro atoms. The van der Waals surface area contributed by atoms with Crippen molar-refractivity contribution in [3.63, 3.8) is 0 Å². The smallest absolute Gasteiger partial charge is 0.151 e. The number of piperidine rings is 1. The highest BCUT2D eigenvalue weighted by Crippen LogP contribution is 2.25. The van der Waals surface area contributed by atoms with Crippen molar-refractivity contribution < 1.29 is 0 Å². The van der Waals surface area contributed by atoms with E-state index in [2.05, 4.69) is 15.5 Å². The molecule has 0 bridgehead atoms. The minimum Gasteiger partial charge on any atom is -0.316 e. The van der Waals surface area contributed by atoms with Crippen LogP contribution in [0.3, 0.4) is 0 Å². The second-order valence-corrected chi connectivity index (χ2v) is 4.99. The fourth-order valence-corrected chi connectivity index (χ4v) is 2.62. The Kier molecular flexibility index (Phi) is 3.61. The SMILES string of the molecule is Clc1ccc(S[C@@H]2CCCNC2)nn1. The van der Waals surface area contributed by atoms with E-state index >= 15 is 0 Å². The van der Waals surface area contributed by atoms with E-state index in [1.54, 1.807) is 17.8 Å². The maximum Gasteiger partial charge on any atom is 0.151 e. The van der Waals surface area contributed by atoms with Crippen LogP contribution >= 0.6 is 23.4 Å². The van der Waals surface area contributed by atoms with Gasteiger partial charge in [-0.25, -0.2) is 0 Å². The van der Waals surface area contributed by atoms with Crippen LogP contribution in [0.15, 0.2) is 17.2 Å². The molecule has 1 fully saturated rings. The normalized spacial score (nSPS) is 22.2. The van der Waals surface area contributed by atoms with E-state index in [9.17, 15) is 0 Å². The molecule has 1 aliphatic rings. The topological polar surface area (TPSA) is 37.8 Å². The molecule has 3 nitrogen and oxygen atoms in total. The van der Waals surface area contributed by atoms with Crippen molar-refractivity contribution >= 4 is 23.4 Å². The molecule has 0 unspecified atom stereocenters. The summed E-state index contributed by atoms with van der Waals surface area (Å²) < 4.78 is 0. The van der Waals surface area contributed by atoms with Gasteiger partial charge in [-0.1, -0.05) is 23.4 Å². The Hall–Kier alpha value is -0.320. The Morgan fingerprint density at radius 1 is 1.43 bits per heavy atom. The van der Waals surface area contributed by atoms with Crippen molar-refractivity contribution in [2.45, 2.75) is 23.1 Å². The average molecular weight is 230 g/mol. The van der Waals surface area contributed by atoms with E-state index in [0.29, 0.717) is 10.4 Å². The molecule has 0 radical (unpaired) electrons. The number of rotatable bonds is 2. The zero-order chi connectivity index (χ0) is 9.80. The molecule has 1 aromatic heterocycles. The Morgan fingerprint density at radius 3 is 3.00 bits per heavy atom. The zero-order valence-corrected chi connectivity index (χ0v) is 9.31. The molecule has 14 heavy (non-hydrogen) atoms. The molecule has 5 heteroatoms. The van der Waals surface area contributed by atoms with Crippen molar-refractivity contribution in [2.24, 2.45) is 0 Å². The lowest BCUT2D eigenvalue weighted by atomic mass is 10.2. The lowest BCUT2D eigenvalue weighted by molar-refractivity contribution is 0.531. The van der Waals surface area contributed by atoms with E-state index in [-0.39, 0.29) is 0 Å². The number of thioether (sulfide) groups is 1. The third kappa shape index (κ3) is 2.83. The Balaban J connectivity index is 1.92. The standard InChI is InChI=1S/C9H12ClN3S/c10-8-3-4-9(13-12-8)14-7-2-1-5-11-6-7/h3-4,7,11H,1-2,5-6H2/t7-/m1/s1. The lowest BCUT2D eigenvalue weighted by Crippen LogP contribution is -2.31. The summed E-state index contributed by atoms with van der Waals surface area (Å²) in [7, 11) is 0. The van der Waals surface area contributed by atoms with Gasteiger partial charge in [0, 0.05) is 11.8 Å². The first-order valence-corrected chi connectivity index (χ1v) is 5.97. The molecule has 0 saturated carbocycles. The first-order chi connectivity index (χ1) is 6.84. The van der Waals surface area contributed by atoms with Crippen molar-refractivity contribution in [1.29, 1.82) is 0 Å². The van der Waals surface area contributed by atoms with Crippen molar-refractivity contribution in [2.75, 3.05) is 13.1 Å². The quantitative estimate of drug-likeness (QED) is 0.842. The van der Waals surface area contributed by atoms with Gasteiger partial charge in [-0.3, -0.25) is 0 Å². The maximum absolute atomic E-state index is 5.66. The minimum absolute atomic E-state index is 0.455. The first kappa shape index (κ1) is 10.2. The van der Waals surface area contributed by atoms with Crippen LogP contribution in [0, 0.1) is 0 Å². The molecule has 0 amide bonds. The molecule has 2 heterocycles. The van der Waals surface area contributed by atoms with Gasteiger partial charge in [0.15, 0.2) is 5.15 Å². The van der Waals surface area contributed by atoms with Crippen LogP contribution in [0.2, 0.25) is 5.15 Å². The molecular formula is C9H12ClN3S. The Labute approximate surface area is 92.6 Å². The maximum atomic E-state index is 5.66. The molecular weight excluding hydrogens is 218 g/mol. The largest absolute Gasteiger partial charge is 0.316 e. The van der Waals surface area contributed by atoms with Crippen LogP contribution in [-0.4, -0.2) is 28.5 Å². The van der Waals surface area contributed by atoms with E-state index in [1.165, 1.54) is 12.8 Å². The van der Waals surface area contributed by atoms with Gasteiger partial charge < -0.3 is 5.32 Å². The van der Waals surface area contributed by atoms with Gasteiger partial charge in [0.05, 0.1) is 0 Å². The van der Waals surface area contributed by atoms with Gasteiger partial charge in [0.25, 0.3) is 0 Å². The molecule has 1 saturated heterocycles. The number of hydrogen-bond donors (Lipinski definition) is 1. The lowest BCUT2D eigenvalue weighted by Gasteiger charge is -2.21. The molecule has 1 aromatic rings. The molecule has 2 rings (SSSR count). The minimum atomic E-state index is 0.455. The molecule has 0 aromatic carbocycles. The summed E-state index contributed by atoms with van der Waals surface area (Å²) in [5, 5.41) is 13.3. The summed E-state index contributed by atoms with van der Waals surface area (Å²) in [5.74, 6) is 0.